The Morgan fingerprint density at radius 1 is 0.765 bits per heavy atom. The summed E-state index contributed by atoms with van der Waals surface area (Å²) in [6.45, 7) is 20.5. The lowest BCUT2D eigenvalue weighted by atomic mass is 10.1. The molecule has 11 heterocycles. The minimum atomic E-state index is -1.21. The van der Waals surface area contributed by atoms with Gasteiger partial charge in [0.05, 0.1) is 83.8 Å². The summed E-state index contributed by atoms with van der Waals surface area (Å²) in [6, 6.07) is 6.75. The highest BCUT2D eigenvalue weighted by Gasteiger charge is 2.24. The molecule has 4 N–H and O–H groups in total. The van der Waals surface area contributed by atoms with Crippen molar-refractivity contribution in [2.24, 2.45) is 5.73 Å². The Kier molecular flexibility index (Phi) is 21.1. The van der Waals surface area contributed by atoms with Crippen molar-refractivity contribution in [1.82, 2.24) is 77.1 Å². The van der Waals surface area contributed by atoms with Gasteiger partial charge in [-0.2, -0.15) is 18.9 Å². The predicted octanol–water partition coefficient (Wildman–Crippen LogP) is 9.65. The Labute approximate surface area is 492 Å². The zero-order valence-corrected chi connectivity index (χ0v) is 50.8. The first-order valence-electron chi connectivity index (χ1n) is 27.1. The van der Waals surface area contributed by atoms with Crippen LogP contribution in [0.15, 0.2) is 80.2 Å². The number of anilines is 4. The van der Waals surface area contributed by atoms with E-state index in [0.29, 0.717) is 44.4 Å². The lowest BCUT2D eigenvalue weighted by molar-refractivity contribution is 0.0947. The Bertz CT molecular complexity index is 3470. The van der Waals surface area contributed by atoms with Crippen LogP contribution in [0.3, 0.4) is 0 Å². The van der Waals surface area contributed by atoms with Crippen molar-refractivity contribution in [3.8, 4) is 22.5 Å². The minimum absolute atomic E-state index is 0. The average molecular weight is 1200 g/mol. The highest BCUT2D eigenvalue weighted by molar-refractivity contribution is 7.10. The molecule has 0 saturated carbocycles. The number of imidazole rings is 2. The molecule has 0 bridgehead atoms. The summed E-state index contributed by atoms with van der Waals surface area (Å²) in [5, 5.41) is 17.0. The second kappa shape index (κ2) is 28.1. The SMILES string of the molecule is Cc1cn2c(-c3cnn(CCN)c3)cnc2c(N(COCC[Si](C)(C)C)c2cc(CN3CCCCC3)ns2)n1.Cc1cn2c(-c3cnn(CCNC(=O)c4ccncc4F)c3)cnc2c(Nc2cc(CN3CCCCC3)ns2)n1.Cl.Cl. The van der Waals surface area contributed by atoms with Crippen LogP contribution in [0.1, 0.15) is 71.7 Å². The second-order valence-electron chi connectivity index (χ2n) is 21.4. The Balaban J connectivity index is 0.000000207. The van der Waals surface area contributed by atoms with Gasteiger partial charge in [-0.25, -0.2) is 24.3 Å². The zero-order valence-electron chi connectivity index (χ0n) is 46.5. The fourth-order valence-electron chi connectivity index (χ4n) is 9.72. The van der Waals surface area contributed by atoms with E-state index in [0.717, 1.165) is 125 Å². The van der Waals surface area contributed by atoms with Gasteiger partial charge in [0.25, 0.3) is 5.91 Å². The number of rotatable bonds is 21. The maximum absolute atomic E-state index is 13.8. The lowest BCUT2D eigenvalue weighted by Crippen LogP contribution is -2.29. The minimum Gasteiger partial charge on any atom is -0.361 e. The first-order valence-corrected chi connectivity index (χ1v) is 32.4. The summed E-state index contributed by atoms with van der Waals surface area (Å²) in [4.78, 5) is 42.2. The molecule has 0 aromatic carbocycles. The van der Waals surface area contributed by atoms with Crippen LogP contribution in [0, 0.1) is 19.7 Å². The molecule has 81 heavy (non-hydrogen) atoms. The van der Waals surface area contributed by atoms with Crippen LogP contribution < -0.4 is 21.3 Å². The van der Waals surface area contributed by atoms with Crippen LogP contribution in [-0.2, 0) is 30.9 Å². The molecule has 432 valence electrons. The fraction of sp³-hybridized carbons (Fsp3) is 0.444. The molecule has 27 heteroatoms. The van der Waals surface area contributed by atoms with Crippen LogP contribution in [0.2, 0.25) is 25.7 Å². The van der Waals surface area contributed by atoms with Gasteiger partial charge in [0.2, 0.25) is 0 Å². The third kappa shape index (κ3) is 15.6. The van der Waals surface area contributed by atoms with Crippen LogP contribution in [-0.4, -0.2) is 138 Å². The fourth-order valence-corrected chi connectivity index (χ4v) is 11.9. The number of amides is 1. The number of aromatic nitrogens is 13. The summed E-state index contributed by atoms with van der Waals surface area (Å²) < 4.78 is 37.2. The topological polar surface area (TPSA) is 221 Å². The van der Waals surface area contributed by atoms with Gasteiger partial charge >= 0.3 is 0 Å². The van der Waals surface area contributed by atoms with Gasteiger partial charge < -0.3 is 21.1 Å². The molecule has 0 atom stereocenters. The molecule has 9 aromatic rings. The number of hydrogen-bond donors (Lipinski definition) is 3. The standard InChI is InChI=1S/C27H29FN10OS.C27H41N9OSSi.2ClH/c1-18-15-38-23(19-12-32-37(16-19)10-7-30-27(39)21-5-6-29-13-22(21)28)14-31-26(38)25(33-18)34-24-11-20(35-40-24)17-36-8-3-2-4-9-36;1-21-17-35-24(22-15-30-34(18-22)11-8-28)16-29-26(35)27(31-21)36(20-37-12-13-39(2,3)4)25-14-23(32-38-25)19-33-9-6-5-7-10-33;;/h5-6,11-16H,2-4,7-10,17H2,1H3,(H,30,39)(H,33,34);14-18H,5-13,19-20,28H2,1-4H3;2*1H. The molecule has 2 saturated heterocycles. The summed E-state index contributed by atoms with van der Waals surface area (Å²) in [6.07, 6.45) is 25.3. The number of likely N-dealkylation sites (tertiary alicyclic amines) is 2. The molecular formula is C54H72Cl2FN19O2S2Si. The summed E-state index contributed by atoms with van der Waals surface area (Å²) in [5.74, 6) is 0.298. The number of carbonyl (C=O) groups excluding carboxylic acids is 1. The molecule has 0 radical (unpaired) electrons. The Morgan fingerprint density at radius 2 is 1.37 bits per heavy atom. The van der Waals surface area contributed by atoms with Crippen molar-refractivity contribution in [3.63, 3.8) is 0 Å². The monoisotopic (exact) mass is 1200 g/mol. The molecule has 9 aromatic heterocycles. The zero-order chi connectivity index (χ0) is 54.9. The number of ether oxygens (including phenoxy) is 1. The van der Waals surface area contributed by atoms with Crippen molar-refractivity contribution in [2.45, 2.75) is 104 Å². The van der Waals surface area contributed by atoms with Gasteiger partial charge in [0, 0.05) is 83.0 Å². The molecule has 11 rings (SSSR count). The van der Waals surface area contributed by atoms with Gasteiger partial charge in [-0.15, -0.1) is 24.8 Å². The molecule has 0 unspecified atom stereocenters. The number of carbonyl (C=O) groups is 1. The number of halogens is 3. The summed E-state index contributed by atoms with van der Waals surface area (Å²) in [5.41, 5.74) is 14.8. The van der Waals surface area contributed by atoms with E-state index >= 15 is 0 Å². The van der Waals surface area contributed by atoms with Crippen LogP contribution in [0.5, 0.6) is 0 Å². The first-order chi connectivity index (χ1) is 38.3. The van der Waals surface area contributed by atoms with E-state index in [9.17, 15) is 9.18 Å². The number of hydrogen-bond acceptors (Lipinski definition) is 18. The van der Waals surface area contributed by atoms with Crippen LogP contribution in [0.4, 0.5) is 26.0 Å². The number of pyridine rings is 1. The van der Waals surface area contributed by atoms with Crippen molar-refractivity contribution in [1.29, 1.82) is 0 Å². The van der Waals surface area contributed by atoms with E-state index in [1.165, 1.54) is 73.9 Å². The van der Waals surface area contributed by atoms with Gasteiger partial charge in [0.15, 0.2) is 28.7 Å². The molecule has 2 aliphatic rings. The van der Waals surface area contributed by atoms with E-state index in [1.54, 1.807) is 17.1 Å². The van der Waals surface area contributed by atoms with Gasteiger partial charge in [-0.05, 0) is 113 Å². The van der Waals surface area contributed by atoms with Crippen molar-refractivity contribution < 1.29 is 13.9 Å². The smallest absolute Gasteiger partial charge is 0.254 e. The summed E-state index contributed by atoms with van der Waals surface area (Å²) in [7, 11) is -1.21. The van der Waals surface area contributed by atoms with E-state index < -0.39 is 19.8 Å². The number of nitrogens with one attached hydrogen (secondary N) is 2. The lowest BCUT2D eigenvalue weighted by Gasteiger charge is -2.25. The van der Waals surface area contributed by atoms with E-state index in [2.05, 4.69) is 86.0 Å². The van der Waals surface area contributed by atoms with Crippen molar-refractivity contribution in [3.05, 3.63) is 114 Å². The normalized spacial score (nSPS) is 14.1. The molecule has 0 spiro atoms. The van der Waals surface area contributed by atoms with Crippen LogP contribution in [0.25, 0.3) is 33.8 Å². The number of nitrogens with zero attached hydrogens (tertiary/aromatic N) is 16. The highest BCUT2D eigenvalue weighted by atomic mass is 35.5. The van der Waals surface area contributed by atoms with Crippen LogP contribution >= 0.6 is 47.9 Å². The average Bonchev–Trinajstić information content (AvgIpc) is 4.37. The third-order valence-electron chi connectivity index (χ3n) is 13.8. The predicted molar refractivity (Wildman–Crippen MR) is 325 cm³/mol. The summed E-state index contributed by atoms with van der Waals surface area (Å²) >= 11 is 2.94. The Hall–Kier alpha value is -6.29. The van der Waals surface area contributed by atoms with E-state index in [4.69, 9.17) is 29.8 Å². The van der Waals surface area contributed by atoms with Gasteiger partial charge in [-0.1, -0.05) is 32.5 Å². The molecule has 2 aliphatic heterocycles. The number of piperidine rings is 2. The van der Waals surface area contributed by atoms with Crippen molar-refractivity contribution >= 4 is 94.8 Å². The maximum atomic E-state index is 13.8. The third-order valence-corrected chi connectivity index (χ3v) is 17.1. The Morgan fingerprint density at radius 3 is 2.01 bits per heavy atom. The number of fused-ring (bicyclic) bond motifs is 2. The van der Waals surface area contributed by atoms with E-state index in [1.807, 2.05) is 60.1 Å². The van der Waals surface area contributed by atoms with E-state index in [-0.39, 0.29) is 30.4 Å². The molecular weight excluding hydrogens is 1130 g/mol. The maximum Gasteiger partial charge on any atom is 0.254 e. The first kappa shape index (κ1) is 60.8. The number of aryl methyl sites for hydroxylation is 2. The highest BCUT2D eigenvalue weighted by Crippen LogP contribution is 2.34. The largest absolute Gasteiger partial charge is 0.361 e. The van der Waals surface area contributed by atoms with Crippen molar-refractivity contribution in [2.75, 3.05) is 62.8 Å². The molecule has 21 nitrogen and oxygen atoms in total. The quantitative estimate of drug-likeness (QED) is 0.0346. The molecule has 0 aliphatic carbocycles. The van der Waals surface area contributed by atoms with Gasteiger partial charge in [0.1, 0.15) is 16.7 Å². The van der Waals surface area contributed by atoms with Gasteiger partial charge in [-0.3, -0.25) is 42.6 Å². The number of nitrogens with two attached hydrogens (primary N) is 1. The second-order valence-corrected chi connectivity index (χ2v) is 28.6. The molecule has 1 amide bonds. The molecule has 2 fully saturated rings.